The first-order valence-electron chi connectivity index (χ1n) is 9.57. The maximum atomic E-state index is 7.19. The molecule has 0 aliphatic rings. The Balaban J connectivity index is 1.93. The van der Waals surface area contributed by atoms with Crippen molar-refractivity contribution in [3.05, 3.63) is 104 Å². The molecule has 2 heterocycles. The van der Waals surface area contributed by atoms with Crippen molar-refractivity contribution in [2.75, 3.05) is 0 Å². The van der Waals surface area contributed by atoms with E-state index in [1.165, 1.54) is 0 Å². The van der Waals surface area contributed by atoms with Gasteiger partial charge in [0.2, 0.25) is 0 Å². The molecule has 0 aliphatic heterocycles. The number of nitrogens with zero attached hydrogens (tertiary/aromatic N) is 2. The van der Waals surface area contributed by atoms with Gasteiger partial charge in [0.25, 0.3) is 0 Å². The van der Waals surface area contributed by atoms with Crippen LogP contribution in [0, 0.1) is 13.8 Å². The van der Waals surface area contributed by atoms with E-state index in [1.54, 1.807) is 22.7 Å². The molecule has 4 aromatic rings. The second-order valence-corrected chi connectivity index (χ2v) is 9.14. The fourth-order valence-corrected chi connectivity index (χ4v) is 5.76. The highest BCUT2D eigenvalue weighted by Gasteiger charge is 2.44. The lowest BCUT2D eigenvalue weighted by atomic mass is 9.88. The zero-order valence-electron chi connectivity index (χ0n) is 17.0. The SMILES string of the molecule is Cc1ncsc1C(C)(OC(C)(c1ccccc1)c1scnc1C)c1ccccc1. The summed E-state index contributed by atoms with van der Waals surface area (Å²) >= 11 is 3.28. The molecule has 29 heavy (non-hydrogen) atoms. The second kappa shape index (κ2) is 7.82. The molecule has 0 amide bonds. The van der Waals surface area contributed by atoms with Crippen molar-refractivity contribution in [2.45, 2.75) is 38.9 Å². The van der Waals surface area contributed by atoms with E-state index in [-0.39, 0.29) is 0 Å². The Labute approximate surface area is 180 Å². The molecule has 4 rings (SSSR count). The van der Waals surface area contributed by atoms with Crippen LogP contribution in [-0.4, -0.2) is 9.97 Å². The van der Waals surface area contributed by atoms with Crippen molar-refractivity contribution >= 4 is 22.7 Å². The predicted molar refractivity (Wildman–Crippen MR) is 121 cm³/mol. The monoisotopic (exact) mass is 420 g/mol. The van der Waals surface area contributed by atoms with Crippen LogP contribution < -0.4 is 0 Å². The van der Waals surface area contributed by atoms with Crippen molar-refractivity contribution in [1.82, 2.24) is 9.97 Å². The van der Waals surface area contributed by atoms with Crippen LogP contribution in [0.2, 0.25) is 0 Å². The van der Waals surface area contributed by atoms with E-state index >= 15 is 0 Å². The van der Waals surface area contributed by atoms with E-state index in [0.717, 1.165) is 32.3 Å². The third-order valence-corrected chi connectivity index (χ3v) is 7.68. The number of rotatable bonds is 6. The summed E-state index contributed by atoms with van der Waals surface area (Å²) in [5, 5.41) is 0. The first kappa shape index (κ1) is 20.0. The van der Waals surface area contributed by atoms with Crippen molar-refractivity contribution in [3.63, 3.8) is 0 Å². The Morgan fingerprint density at radius 3 is 1.34 bits per heavy atom. The maximum Gasteiger partial charge on any atom is 0.128 e. The Bertz CT molecular complexity index is 1000. The minimum atomic E-state index is -0.659. The number of ether oxygens (including phenoxy) is 1. The number of thiazole rings is 2. The van der Waals surface area contributed by atoms with Crippen LogP contribution in [0.5, 0.6) is 0 Å². The zero-order valence-corrected chi connectivity index (χ0v) is 18.7. The minimum absolute atomic E-state index is 0.659. The number of benzene rings is 2. The molecule has 0 spiro atoms. The van der Waals surface area contributed by atoms with Crippen LogP contribution in [0.25, 0.3) is 0 Å². The maximum absolute atomic E-state index is 7.19. The van der Waals surface area contributed by atoms with Crippen LogP contribution in [-0.2, 0) is 15.9 Å². The highest BCUT2D eigenvalue weighted by molar-refractivity contribution is 7.10. The molecule has 0 bridgehead atoms. The highest BCUT2D eigenvalue weighted by atomic mass is 32.1. The standard InChI is InChI=1S/C24H24N2OS2/c1-17-21(28-15-25-17)23(3,19-11-7-5-8-12-19)27-24(4,20-13-9-6-10-14-20)22-18(2)26-16-29-22/h5-16H,1-4H3. The largest absolute Gasteiger partial charge is 0.348 e. The van der Waals surface area contributed by atoms with Gasteiger partial charge in [-0.05, 0) is 38.8 Å². The Morgan fingerprint density at radius 1 is 0.655 bits per heavy atom. The molecule has 0 saturated heterocycles. The molecule has 2 aromatic heterocycles. The molecule has 0 saturated carbocycles. The number of hydrogen-bond donors (Lipinski definition) is 0. The highest BCUT2D eigenvalue weighted by Crippen LogP contribution is 2.47. The Morgan fingerprint density at radius 2 is 1.03 bits per heavy atom. The van der Waals surface area contributed by atoms with E-state index in [9.17, 15) is 0 Å². The van der Waals surface area contributed by atoms with Crippen LogP contribution in [0.15, 0.2) is 71.7 Å². The zero-order chi connectivity index (χ0) is 20.5. The minimum Gasteiger partial charge on any atom is -0.348 e. The van der Waals surface area contributed by atoms with E-state index in [0.29, 0.717) is 0 Å². The number of aromatic nitrogens is 2. The van der Waals surface area contributed by atoms with Gasteiger partial charge in [0.05, 0.1) is 32.2 Å². The number of hydrogen-bond acceptors (Lipinski definition) is 5. The van der Waals surface area contributed by atoms with Gasteiger partial charge < -0.3 is 4.74 Å². The summed E-state index contributed by atoms with van der Waals surface area (Å²) in [7, 11) is 0. The summed E-state index contributed by atoms with van der Waals surface area (Å²) in [5.41, 5.74) is 6.69. The van der Waals surface area contributed by atoms with Crippen LogP contribution in [0.3, 0.4) is 0 Å². The molecule has 2 aromatic carbocycles. The Hall–Kier alpha value is -2.34. The Kier molecular flexibility index (Phi) is 5.38. The van der Waals surface area contributed by atoms with Crippen molar-refractivity contribution in [1.29, 1.82) is 0 Å². The van der Waals surface area contributed by atoms with E-state index in [2.05, 4.69) is 72.3 Å². The number of aryl methyl sites for hydroxylation is 2. The summed E-state index contributed by atoms with van der Waals surface area (Å²) in [6.45, 7) is 8.41. The first-order valence-corrected chi connectivity index (χ1v) is 11.3. The van der Waals surface area contributed by atoms with Gasteiger partial charge >= 0.3 is 0 Å². The summed E-state index contributed by atoms with van der Waals surface area (Å²) in [4.78, 5) is 11.3. The molecular formula is C24H24N2OS2. The summed E-state index contributed by atoms with van der Waals surface area (Å²) < 4.78 is 7.19. The lowest BCUT2D eigenvalue weighted by molar-refractivity contribution is -0.103. The first-order chi connectivity index (χ1) is 13.9. The van der Waals surface area contributed by atoms with E-state index < -0.39 is 11.2 Å². The topological polar surface area (TPSA) is 35.0 Å². The van der Waals surface area contributed by atoms with Gasteiger partial charge in [-0.3, -0.25) is 0 Å². The van der Waals surface area contributed by atoms with Gasteiger partial charge in [-0.2, -0.15) is 0 Å². The van der Waals surface area contributed by atoms with E-state index in [4.69, 9.17) is 4.74 Å². The fourth-order valence-electron chi connectivity index (χ4n) is 3.91. The average molecular weight is 421 g/mol. The molecule has 2 unspecified atom stereocenters. The molecule has 5 heteroatoms. The molecule has 148 valence electrons. The molecule has 0 radical (unpaired) electrons. The van der Waals surface area contributed by atoms with Crippen LogP contribution in [0.4, 0.5) is 0 Å². The fraction of sp³-hybridized carbons (Fsp3) is 0.250. The summed E-state index contributed by atoms with van der Waals surface area (Å²) in [6.07, 6.45) is 0. The third kappa shape index (κ3) is 3.54. The normalized spacial score (nSPS) is 15.6. The van der Waals surface area contributed by atoms with Gasteiger partial charge in [-0.1, -0.05) is 60.7 Å². The second-order valence-electron chi connectivity index (χ2n) is 7.43. The van der Waals surface area contributed by atoms with Gasteiger partial charge in [-0.25, -0.2) is 9.97 Å². The smallest absolute Gasteiger partial charge is 0.128 e. The summed E-state index contributed by atoms with van der Waals surface area (Å²) in [5.74, 6) is 0. The van der Waals surface area contributed by atoms with Crippen molar-refractivity contribution < 1.29 is 4.74 Å². The average Bonchev–Trinajstić information content (AvgIpc) is 3.38. The van der Waals surface area contributed by atoms with E-state index in [1.807, 2.05) is 37.0 Å². The van der Waals surface area contributed by atoms with Crippen molar-refractivity contribution in [3.8, 4) is 0 Å². The lowest BCUT2D eigenvalue weighted by Gasteiger charge is -2.40. The van der Waals surface area contributed by atoms with Gasteiger partial charge in [0.15, 0.2) is 0 Å². The van der Waals surface area contributed by atoms with Gasteiger partial charge in [0, 0.05) is 0 Å². The molecular weight excluding hydrogens is 396 g/mol. The molecule has 0 N–H and O–H groups in total. The molecule has 0 aliphatic carbocycles. The quantitative estimate of drug-likeness (QED) is 0.359. The summed E-state index contributed by atoms with van der Waals surface area (Å²) in [6, 6.07) is 20.8. The van der Waals surface area contributed by atoms with Crippen molar-refractivity contribution in [2.24, 2.45) is 0 Å². The predicted octanol–water partition coefficient (Wildman–Crippen LogP) is 6.46. The molecule has 2 atom stereocenters. The molecule has 3 nitrogen and oxygen atoms in total. The van der Waals surface area contributed by atoms with Crippen LogP contribution >= 0.6 is 22.7 Å². The lowest BCUT2D eigenvalue weighted by Crippen LogP contribution is -2.39. The molecule has 0 fully saturated rings. The van der Waals surface area contributed by atoms with Gasteiger partial charge in [0.1, 0.15) is 11.2 Å². The van der Waals surface area contributed by atoms with Crippen LogP contribution in [0.1, 0.15) is 46.1 Å². The third-order valence-electron chi connectivity index (χ3n) is 5.42. The van der Waals surface area contributed by atoms with Gasteiger partial charge in [-0.15, -0.1) is 22.7 Å².